The van der Waals surface area contributed by atoms with Crippen molar-refractivity contribution in [1.82, 2.24) is 4.98 Å². The Hall–Kier alpha value is -4.11. The van der Waals surface area contributed by atoms with Crippen LogP contribution in [0, 0.1) is 5.82 Å². The first-order chi connectivity index (χ1) is 14.9. The number of rotatable bonds is 7. The van der Waals surface area contributed by atoms with E-state index >= 15 is 0 Å². The van der Waals surface area contributed by atoms with Gasteiger partial charge < -0.3 is 21.5 Å². The molecule has 0 aliphatic heterocycles. The average Bonchev–Trinajstić information content (AvgIpc) is 2.78. The van der Waals surface area contributed by atoms with E-state index in [2.05, 4.69) is 10.3 Å². The van der Waals surface area contributed by atoms with Gasteiger partial charge in [0, 0.05) is 18.3 Å². The third kappa shape index (κ3) is 5.28. The molecule has 3 rings (SSSR count). The summed E-state index contributed by atoms with van der Waals surface area (Å²) < 4.78 is 18.6. The molecule has 2 aromatic carbocycles. The minimum absolute atomic E-state index is 0.00338. The van der Waals surface area contributed by atoms with Crippen molar-refractivity contribution in [3.8, 4) is 11.1 Å². The first kappa shape index (κ1) is 21.6. The predicted molar refractivity (Wildman–Crippen MR) is 111 cm³/mol. The summed E-state index contributed by atoms with van der Waals surface area (Å²) in [4.78, 5) is 39.2. The highest BCUT2D eigenvalue weighted by Crippen LogP contribution is 2.27. The van der Waals surface area contributed by atoms with Gasteiger partial charge in [-0.15, -0.1) is 0 Å². The van der Waals surface area contributed by atoms with Gasteiger partial charge in [0.1, 0.15) is 0 Å². The molecule has 0 spiro atoms. The first-order valence-electron chi connectivity index (χ1n) is 9.18. The van der Waals surface area contributed by atoms with E-state index in [-0.39, 0.29) is 23.4 Å². The normalized spacial score (nSPS) is 10.4. The molecule has 1 aromatic heterocycles. The summed E-state index contributed by atoms with van der Waals surface area (Å²) in [6.07, 6.45) is 2.37. The number of benzene rings is 2. The molecular weight excluding hydrogens is 403 g/mol. The second kappa shape index (κ2) is 9.59. The highest BCUT2D eigenvalue weighted by Gasteiger charge is 2.15. The number of anilines is 1. The Kier molecular flexibility index (Phi) is 6.68. The lowest BCUT2D eigenvalue weighted by Gasteiger charge is -2.12. The molecule has 0 bridgehead atoms. The predicted octanol–water partition coefficient (Wildman–Crippen LogP) is 2.24. The maximum Gasteiger partial charge on any atom is 0.338 e. The van der Waals surface area contributed by atoms with Crippen LogP contribution in [0.1, 0.15) is 26.3 Å². The Labute approximate surface area is 177 Å². The standard InChI is InChI=1S/C22H19FN4O4/c23-18-11-26-7-6-19(18)27-21(29)14-4-5-16(10-24)17(9-14)13-2-1-3-15(8-13)22(30)31-12-20(25)28/h1-9,11H,10,12,24H2,(H2,25,28)(H,26,27,29). The zero-order valence-electron chi connectivity index (χ0n) is 16.3. The molecule has 2 amide bonds. The smallest absolute Gasteiger partial charge is 0.338 e. The number of amides is 2. The summed E-state index contributed by atoms with van der Waals surface area (Å²) in [6, 6.07) is 12.7. The van der Waals surface area contributed by atoms with E-state index in [1.807, 2.05) is 0 Å². The molecule has 158 valence electrons. The SMILES string of the molecule is NCc1ccc(C(=O)Nc2ccncc2F)cc1-c1cccc(C(=O)OCC(N)=O)c1. The Bertz CT molecular complexity index is 1150. The molecule has 0 unspecified atom stereocenters. The maximum absolute atomic E-state index is 13.8. The monoisotopic (exact) mass is 422 g/mol. The first-order valence-corrected chi connectivity index (χ1v) is 9.18. The molecule has 0 fully saturated rings. The van der Waals surface area contributed by atoms with E-state index in [1.54, 1.807) is 36.4 Å². The molecule has 1 heterocycles. The summed E-state index contributed by atoms with van der Waals surface area (Å²) in [5.74, 6) is -2.65. The van der Waals surface area contributed by atoms with Gasteiger partial charge in [-0.1, -0.05) is 18.2 Å². The van der Waals surface area contributed by atoms with E-state index in [9.17, 15) is 18.8 Å². The van der Waals surface area contributed by atoms with Crippen molar-refractivity contribution in [2.75, 3.05) is 11.9 Å². The van der Waals surface area contributed by atoms with Crippen LogP contribution in [0.15, 0.2) is 60.9 Å². The number of nitrogens with one attached hydrogen (secondary N) is 1. The lowest BCUT2D eigenvalue weighted by molar-refractivity contribution is -0.121. The molecule has 0 radical (unpaired) electrons. The summed E-state index contributed by atoms with van der Waals surface area (Å²) in [7, 11) is 0. The zero-order valence-corrected chi connectivity index (χ0v) is 16.3. The fourth-order valence-corrected chi connectivity index (χ4v) is 2.87. The lowest BCUT2D eigenvalue weighted by Crippen LogP contribution is -2.20. The highest BCUT2D eigenvalue weighted by molar-refractivity contribution is 6.05. The number of carbonyl (C=O) groups excluding carboxylic acids is 3. The van der Waals surface area contributed by atoms with E-state index in [0.29, 0.717) is 11.1 Å². The molecule has 5 N–H and O–H groups in total. The van der Waals surface area contributed by atoms with Crippen molar-refractivity contribution in [2.24, 2.45) is 11.5 Å². The van der Waals surface area contributed by atoms with Gasteiger partial charge in [-0.2, -0.15) is 0 Å². The molecule has 0 aliphatic carbocycles. The molecule has 3 aromatic rings. The Morgan fingerprint density at radius 1 is 1.06 bits per heavy atom. The maximum atomic E-state index is 13.8. The second-order valence-corrected chi connectivity index (χ2v) is 6.51. The summed E-state index contributed by atoms with van der Waals surface area (Å²) in [5.41, 5.74) is 13.3. The number of primary amides is 1. The molecule has 0 aliphatic rings. The molecule has 9 heteroatoms. The fraction of sp³-hybridized carbons (Fsp3) is 0.0909. The Morgan fingerprint density at radius 2 is 1.87 bits per heavy atom. The van der Waals surface area contributed by atoms with Crippen LogP contribution in [-0.2, 0) is 16.1 Å². The second-order valence-electron chi connectivity index (χ2n) is 6.51. The van der Waals surface area contributed by atoms with Crippen LogP contribution in [0.2, 0.25) is 0 Å². The summed E-state index contributed by atoms with van der Waals surface area (Å²) >= 11 is 0. The van der Waals surface area contributed by atoms with Gasteiger partial charge in [0.2, 0.25) is 0 Å². The topological polar surface area (TPSA) is 137 Å². The number of carbonyl (C=O) groups is 3. The van der Waals surface area contributed by atoms with Crippen LogP contribution in [0.4, 0.5) is 10.1 Å². The number of halogens is 1. The molecule has 0 saturated heterocycles. The molecule has 0 atom stereocenters. The van der Waals surface area contributed by atoms with Gasteiger partial charge >= 0.3 is 5.97 Å². The van der Waals surface area contributed by atoms with Gasteiger partial charge in [0.25, 0.3) is 11.8 Å². The Morgan fingerprint density at radius 3 is 2.58 bits per heavy atom. The minimum Gasteiger partial charge on any atom is -0.452 e. The number of nitrogens with two attached hydrogens (primary N) is 2. The number of hydrogen-bond acceptors (Lipinski definition) is 6. The number of ether oxygens (including phenoxy) is 1. The van der Waals surface area contributed by atoms with Gasteiger partial charge in [-0.3, -0.25) is 14.6 Å². The molecule has 0 saturated carbocycles. The number of nitrogens with zero attached hydrogens (tertiary/aromatic N) is 1. The number of aromatic nitrogens is 1. The van der Waals surface area contributed by atoms with Crippen LogP contribution >= 0.6 is 0 Å². The van der Waals surface area contributed by atoms with Gasteiger partial charge in [0.05, 0.1) is 17.4 Å². The number of pyridine rings is 1. The van der Waals surface area contributed by atoms with Crippen molar-refractivity contribution in [2.45, 2.75) is 6.54 Å². The van der Waals surface area contributed by atoms with Crippen molar-refractivity contribution in [3.63, 3.8) is 0 Å². The summed E-state index contributed by atoms with van der Waals surface area (Å²) in [6.45, 7) is -0.342. The van der Waals surface area contributed by atoms with Crippen molar-refractivity contribution in [3.05, 3.63) is 83.4 Å². The van der Waals surface area contributed by atoms with Crippen LogP contribution in [-0.4, -0.2) is 29.4 Å². The highest BCUT2D eigenvalue weighted by atomic mass is 19.1. The van der Waals surface area contributed by atoms with Gasteiger partial charge in [0.15, 0.2) is 12.4 Å². The van der Waals surface area contributed by atoms with Crippen molar-refractivity contribution in [1.29, 1.82) is 0 Å². The Balaban J connectivity index is 1.91. The quantitative estimate of drug-likeness (QED) is 0.499. The van der Waals surface area contributed by atoms with Crippen LogP contribution < -0.4 is 16.8 Å². The third-order valence-electron chi connectivity index (χ3n) is 4.37. The van der Waals surface area contributed by atoms with Gasteiger partial charge in [-0.05, 0) is 47.0 Å². The van der Waals surface area contributed by atoms with Crippen molar-refractivity contribution >= 4 is 23.5 Å². The molecular formula is C22H19FN4O4. The van der Waals surface area contributed by atoms with E-state index in [1.165, 1.54) is 18.3 Å². The van der Waals surface area contributed by atoms with E-state index in [4.69, 9.17) is 16.2 Å². The van der Waals surface area contributed by atoms with Crippen LogP contribution in [0.5, 0.6) is 0 Å². The minimum atomic E-state index is -0.765. The van der Waals surface area contributed by atoms with E-state index in [0.717, 1.165) is 11.8 Å². The van der Waals surface area contributed by atoms with E-state index < -0.39 is 30.2 Å². The van der Waals surface area contributed by atoms with Crippen molar-refractivity contribution < 1.29 is 23.5 Å². The van der Waals surface area contributed by atoms with Crippen LogP contribution in [0.25, 0.3) is 11.1 Å². The molecule has 8 nitrogen and oxygen atoms in total. The number of esters is 1. The lowest BCUT2D eigenvalue weighted by atomic mass is 9.95. The van der Waals surface area contributed by atoms with Gasteiger partial charge in [-0.25, -0.2) is 9.18 Å². The van der Waals surface area contributed by atoms with Crippen LogP contribution in [0.3, 0.4) is 0 Å². The molecule has 31 heavy (non-hydrogen) atoms. The third-order valence-corrected chi connectivity index (χ3v) is 4.37. The average molecular weight is 422 g/mol. The largest absolute Gasteiger partial charge is 0.452 e. The summed E-state index contributed by atoms with van der Waals surface area (Å²) in [5, 5.41) is 2.50. The number of hydrogen-bond donors (Lipinski definition) is 3. The zero-order chi connectivity index (χ0) is 22.4. The fourth-order valence-electron chi connectivity index (χ4n) is 2.87.